The van der Waals surface area contributed by atoms with E-state index in [0.717, 1.165) is 43.6 Å². The summed E-state index contributed by atoms with van der Waals surface area (Å²) in [5.41, 5.74) is 2.33. The standard InChI is InChI=1S/C17H25NO2/c1-4-13(5-2)17(19)18-15-7-6-10-20-16-9-8-12(3)11-14(15)16/h8-9,11,13,15H,4-7,10H2,1-3H3,(H,18,19). The quantitative estimate of drug-likeness (QED) is 0.908. The van der Waals surface area contributed by atoms with E-state index in [1.807, 2.05) is 6.07 Å². The number of amides is 1. The minimum Gasteiger partial charge on any atom is -0.493 e. The van der Waals surface area contributed by atoms with E-state index in [4.69, 9.17) is 4.74 Å². The summed E-state index contributed by atoms with van der Waals surface area (Å²) < 4.78 is 5.78. The second kappa shape index (κ2) is 6.78. The van der Waals surface area contributed by atoms with Gasteiger partial charge < -0.3 is 10.1 Å². The van der Waals surface area contributed by atoms with E-state index < -0.39 is 0 Å². The average molecular weight is 275 g/mol. The summed E-state index contributed by atoms with van der Waals surface area (Å²) in [7, 11) is 0. The van der Waals surface area contributed by atoms with Crippen LogP contribution in [-0.4, -0.2) is 12.5 Å². The van der Waals surface area contributed by atoms with E-state index in [1.54, 1.807) is 0 Å². The Bertz CT molecular complexity index is 466. The molecule has 1 aromatic rings. The van der Waals surface area contributed by atoms with E-state index in [2.05, 4.69) is 38.2 Å². The molecule has 3 nitrogen and oxygen atoms in total. The lowest BCUT2D eigenvalue weighted by atomic mass is 9.97. The van der Waals surface area contributed by atoms with E-state index in [9.17, 15) is 4.79 Å². The minimum absolute atomic E-state index is 0.0838. The van der Waals surface area contributed by atoms with Crippen molar-refractivity contribution in [1.82, 2.24) is 5.32 Å². The van der Waals surface area contributed by atoms with Crippen LogP contribution in [0.25, 0.3) is 0 Å². The molecule has 0 radical (unpaired) electrons. The van der Waals surface area contributed by atoms with Crippen LogP contribution in [0.5, 0.6) is 5.75 Å². The number of rotatable bonds is 4. The van der Waals surface area contributed by atoms with Crippen molar-refractivity contribution >= 4 is 5.91 Å². The molecule has 0 saturated heterocycles. The molecule has 1 aliphatic heterocycles. The van der Waals surface area contributed by atoms with Gasteiger partial charge in [-0.2, -0.15) is 0 Å². The van der Waals surface area contributed by atoms with Crippen LogP contribution in [0.4, 0.5) is 0 Å². The maximum Gasteiger partial charge on any atom is 0.223 e. The SMILES string of the molecule is CCC(CC)C(=O)NC1CCCOc2ccc(C)cc21. The number of fused-ring (bicyclic) bond motifs is 1. The predicted octanol–water partition coefficient (Wildman–Crippen LogP) is 3.76. The molecule has 1 atom stereocenters. The summed E-state index contributed by atoms with van der Waals surface area (Å²) in [6.45, 7) is 6.95. The molecule has 110 valence electrons. The van der Waals surface area contributed by atoms with Crippen molar-refractivity contribution in [3.63, 3.8) is 0 Å². The molecule has 3 heteroatoms. The Hall–Kier alpha value is -1.51. The average Bonchev–Trinajstić information content (AvgIpc) is 2.63. The third-order valence-corrected chi connectivity index (χ3v) is 4.11. The lowest BCUT2D eigenvalue weighted by Crippen LogP contribution is -2.33. The first-order chi connectivity index (χ1) is 9.65. The zero-order valence-corrected chi connectivity index (χ0v) is 12.7. The highest BCUT2D eigenvalue weighted by atomic mass is 16.5. The summed E-state index contributed by atoms with van der Waals surface area (Å²) in [4.78, 5) is 12.3. The molecule has 1 amide bonds. The molecule has 1 N–H and O–H groups in total. The first kappa shape index (κ1) is 14.9. The van der Waals surface area contributed by atoms with Gasteiger partial charge in [0.05, 0.1) is 12.6 Å². The first-order valence-corrected chi connectivity index (χ1v) is 7.69. The van der Waals surface area contributed by atoms with Gasteiger partial charge >= 0.3 is 0 Å². The van der Waals surface area contributed by atoms with E-state index in [-0.39, 0.29) is 17.9 Å². The Balaban J connectivity index is 2.20. The van der Waals surface area contributed by atoms with Gasteiger partial charge in [0.25, 0.3) is 0 Å². The smallest absolute Gasteiger partial charge is 0.223 e. The minimum atomic E-state index is 0.0838. The summed E-state index contributed by atoms with van der Waals surface area (Å²) in [6.07, 6.45) is 3.71. The van der Waals surface area contributed by atoms with Crippen molar-refractivity contribution in [2.75, 3.05) is 6.61 Å². The summed E-state index contributed by atoms with van der Waals surface area (Å²) >= 11 is 0. The van der Waals surface area contributed by atoms with Crippen LogP contribution in [0.3, 0.4) is 0 Å². The Labute approximate surface area is 121 Å². The fourth-order valence-corrected chi connectivity index (χ4v) is 2.80. The molecule has 1 unspecified atom stereocenters. The Kier molecular flexibility index (Phi) is 5.05. The zero-order valence-electron chi connectivity index (χ0n) is 12.7. The van der Waals surface area contributed by atoms with Gasteiger partial charge in [0.1, 0.15) is 5.75 Å². The Morgan fingerprint density at radius 1 is 1.40 bits per heavy atom. The highest BCUT2D eigenvalue weighted by Crippen LogP contribution is 2.32. The number of ether oxygens (including phenoxy) is 1. The topological polar surface area (TPSA) is 38.3 Å². The van der Waals surface area contributed by atoms with Crippen molar-refractivity contribution in [2.24, 2.45) is 5.92 Å². The maximum absolute atomic E-state index is 12.3. The maximum atomic E-state index is 12.3. The fraction of sp³-hybridized carbons (Fsp3) is 0.588. The molecule has 0 aliphatic carbocycles. The lowest BCUT2D eigenvalue weighted by Gasteiger charge is -2.21. The summed E-state index contributed by atoms with van der Waals surface area (Å²) in [6, 6.07) is 6.30. The third-order valence-electron chi connectivity index (χ3n) is 4.11. The lowest BCUT2D eigenvalue weighted by molar-refractivity contribution is -0.126. The molecule has 2 rings (SSSR count). The van der Waals surface area contributed by atoms with Gasteiger partial charge in [-0.05, 0) is 38.7 Å². The molecule has 0 fully saturated rings. The molecule has 1 aliphatic rings. The molecule has 1 aromatic carbocycles. The normalized spacial score (nSPS) is 18.1. The van der Waals surface area contributed by atoms with E-state index in [1.165, 1.54) is 5.56 Å². The number of hydrogen-bond acceptors (Lipinski definition) is 2. The molecule has 0 bridgehead atoms. The van der Waals surface area contributed by atoms with Crippen LogP contribution in [0, 0.1) is 12.8 Å². The number of carbonyl (C=O) groups excluding carboxylic acids is 1. The van der Waals surface area contributed by atoms with Crippen molar-refractivity contribution in [3.05, 3.63) is 29.3 Å². The van der Waals surface area contributed by atoms with Gasteiger partial charge in [0.2, 0.25) is 5.91 Å². The number of aryl methyl sites for hydroxylation is 1. The van der Waals surface area contributed by atoms with Gasteiger partial charge in [-0.25, -0.2) is 0 Å². The molecule has 0 aromatic heterocycles. The van der Waals surface area contributed by atoms with Crippen molar-refractivity contribution < 1.29 is 9.53 Å². The highest BCUT2D eigenvalue weighted by molar-refractivity contribution is 5.79. The Morgan fingerprint density at radius 2 is 2.15 bits per heavy atom. The highest BCUT2D eigenvalue weighted by Gasteiger charge is 2.24. The third kappa shape index (κ3) is 3.33. The van der Waals surface area contributed by atoms with Crippen LogP contribution < -0.4 is 10.1 Å². The second-order valence-electron chi connectivity index (χ2n) is 5.61. The second-order valence-corrected chi connectivity index (χ2v) is 5.61. The van der Waals surface area contributed by atoms with Crippen LogP contribution in [0.2, 0.25) is 0 Å². The van der Waals surface area contributed by atoms with Crippen molar-refractivity contribution in [3.8, 4) is 5.75 Å². The molecular weight excluding hydrogens is 250 g/mol. The zero-order chi connectivity index (χ0) is 14.5. The number of benzene rings is 1. The van der Waals surface area contributed by atoms with Gasteiger partial charge in [0, 0.05) is 11.5 Å². The predicted molar refractivity (Wildman–Crippen MR) is 80.9 cm³/mol. The largest absolute Gasteiger partial charge is 0.493 e. The molecule has 1 heterocycles. The van der Waals surface area contributed by atoms with Crippen molar-refractivity contribution in [1.29, 1.82) is 0 Å². The number of carbonyl (C=O) groups is 1. The molecule has 0 saturated carbocycles. The molecular formula is C17H25NO2. The van der Waals surface area contributed by atoms with E-state index >= 15 is 0 Å². The summed E-state index contributed by atoms with van der Waals surface area (Å²) in [5.74, 6) is 1.21. The van der Waals surface area contributed by atoms with Gasteiger partial charge in [-0.1, -0.05) is 31.5 Å². The van der Waals surface area contributed by atoms with Gasteiger partial charge in [0.15, 0.2) is 0 Å². The Morgan fingerprint density at radius 3 is 2.85 bits per heavy atom. The van der Waals surface area contributed by atoms with Crippen LogP contribution in [-0.2, 0) is 4.79 Å². The first-order valence-electron chi connectivity index (χ1n) is 7.69. The van der Waals surface area contributed by atoms with Gasteiger partial charge in [-0.15, -0.1) is 0 Å². The van der Waals surface area contributed by atoms with Crippen LogP contribution >= 0.6 is 0 Å². The number of nitrogens with one attached hydrogen (secondary N) is 1. The fourth-order valence-electron chi connectivity index (χ4n) is 2.80. The van der Waals surface area contributed by atoms with E-state index in [0.29, 0.717) is 0 Å². The number of hydrogen-bond donors (Lipinski definition) is 1. The van der Waals surface area contributed by atoms with Crippen molar-refractivity contribution in [2.45, 2.75) is 52.5 Å². The molecule has 20 heavy (non-hydrogen) atoms. The summed E-state index contributed by atoms with van der Waals surface area (Å²) in [5, 5.41) is 3.23. The van der Waals surface area contributed by atoms with Gasteiger partial charge in [-0.3, -0.25) is 4.79 Å². The molecule has 0 spiro atoms. The van der Waals surface area contributed by atoms with Crippen LogP contribution in [0.15, 0.2) is 18.2 Å². The van der Waals surface area contributed by atoms with Crippen LogP contribution in [0.1, 0.15) is 56.7 Å². The monoisotopic (exact) mass is 275 g/mol.